The van der Waals surface area contributed by atoms with Gasteiger partial charge in [-0.3, -0.25) is 0 Å². The molecule has 0 aliphatic heterocycles. The van der Waals surface area contributed by atoms with Crippen LogP contribution < -0.4 is 4.99 Å². The molecule has 0 atom stereocenters. The van der Waals surface area contributed by atoms with E-state index in [0.717, 1.165) is 39.6 Å². The molecule has 0 aliphatic carbocycles. The number of nitrogens with one attached hydrogen (secondary N) is 2. The molecular weight excluding hydrogens is 778 g/mol. The van der Waals surface area contributed by atoms with Gasteiger partial charge in [-0.15, -0.1) is 11.4 Å². The van der Waals surface area contributed by atoms with Crippen LogP contribution in [0.15, 0.2) is 75.8 Å². The fourth-order valence-electron chi connectivity index (χ4n) is 6.90. The number of benzene rings is 4. The Labute approximate surface area is 379 Å². The molecule has 305 valence electrons. The van der Waals surface area contributed by atoms with Crippen molar-refractivity contribution in [3.8, 4) is 0 Å². The van der Waals surface area contributed by atoms with Crippen molar-refractivity contribution in [3.05, 3.63) is 149 Å². The van der Waals surface area contributed by atoms with Crippen LogP contribution in [-0.4, -0.2) is 51.0 Å². The molecule has 0 saturated heterocycles. The molecule has 2 N–H and O–H groups in total. The van der Waals surface area contributed by atoms with Gasteiger partial charge in [-0.1, -0.05) is 70.1 Å². The predicted octanol–water partition coefficient (Wildman–Crippen LogP) is 14.1. The SMILES string of the molecule is CC(/C=C(/C)[N-]c1c(C)cc(C)cc1C)=[NH+]c1c(C)cc(C)cc1C.Cc1cc(C)c(N=C(/C=[C](\[Ge])C(C)(C)C)C(C)(C)C)c(C)c1.Cc1cc(C)c([NH-])c(C)c1.[Mg+2]. The average molecular weight is 850 g/mol. The van der Waals surface area contributed by atoms with E-state index in [9.17, 15) is 0 Å². The molecule has 0 bridgehead atoms. The third-order valence-electron chi connectivity index (χ3n) is 9.75. The first-order valence-corrected chi connectivity index (χ1v) is 21.2. The van der Waals surface area contributed by atoms with Gasteiger partial charge in [0.15, 0.2) is 5.71 Å². The molecule has 58 heavy (non-hydrogen) atoms. The summed E-state index contributed by atoms with van der Waals surface area (Å²) in [6, 6.07) is 17.3. The van der Waals surface area contributed by atoms with Gasteiger partial charge in [0.25, 0.3) is 0 Å². The molecular formula is C52H72GeMgN4+. The Morgan fingerprint density at radius 3 is 1.31 bits per heavy atom. The van der Waals surface area contributed by atoms with Crippen molar-refractivity contribution < 1.29 is 4.99 Å². The summed E-state index contributed by atoms with van der Waals surface area (Å²) in [4.78, 5) is 8.60. The average Bonchev–Trinajstić information content (AvgIpc) is 3.04. The van der Waals surface area contributed by atoms with Crippen LogP contribution in [0.5, 0.6) is 0 Å². The summed E-state index contributed by atoms with van der Waals surface area (Å²) in [6.07, 6.45) is 4.39. The molecule has 0 fully saturated rings. The van der Waals surface area contributed by atoms with Gasteiger partial charge in [0, 0.05) is 18.1 Å². The van der Waals surface area contributed by atoms with Crippen molar-refractivity contribution in [2.45, 2.75) is 138 Å². The molecule has 4 rings (SSSR count). The molecule has 0 aromatic heterocycles. The third kappa shape index (κ3) is 16.3. The van der Waals surface area contributed by atoms with Crippen molar-refractivity contribution >= 4 is 73.7 Å². The topological polar surface area (TPSA) is 64.2 Å². The number of rotatable bonds is 6. The summed E-state index contributed by atoms with van der Waals surface area (Å²) in [5.74, 6) is 0. The summed E-state index contributed by atoms with van der Waals surface area (Å²) in [7, 11) is 0. The monoisotopic (exact) mass is 850 g/mol. The van der Waals surface area contributed by atoms with Gasteiger partial charge in [0.05, 0.1) is 0 Å². The van der Waals surface area contributed by atoms with E-state index < -0.39 is 0 Å². The van der Waals surface area contributed by atoms with E-state index in [2.05, 4.69) is 195 Å². The largest absolute Gasteiger partial charge is 2.00 e. The minimum atomic E-state index is 0. The number of aliphatic imine (C=N–C) groups is 1. The number of allylic oxidation sites excluding steroid dienone is 4. The van der Waals surface area contributed by atoms with Gasteiger partial charge in [0.1, 0.15) is 0 Å². The minimum absolute atomic E-state index is 0. The Kier molecular flexibility index (Phi) is 20.2. The summed E-state index contributed by atoms with van der Waals surface area (Å²) in [5.41, 5.74) is 29.8. The van der Waals surface area contributed by atoms with Gasteiger partial charge >= 0.3 is 168 Å². The summed E-state index contributed by atoms with van der Waals surface area (Å²) in [6.45, 7) is 42.9. The number of hydrogen-bond acceptors (Lipinski definition) is 1. The molecule has 4 aromatic rings. The maximum absolute atomic E-state index is 7.54. The van der Waals surface area contributed by atoms with Crippen LogP contribution in [0.1, 0.15) is 122 Å². The molecule has 4 aromatic carbocycles. The molecule has 0 spiro atoms. The Hall–Kier alpha value is -3.39. The van der Waals surface area contributed by atoms with E-state index in [4.69, 9.17) is 16.0 Å². The molecule has 0 aliphatic rings. The van der Waals surface area contributed by atoms with Gasteiger partial charge in [-0.25, -0.2) is 4.99 Å². The summed E-state index contributed by atoms with van der Waals surface area (Å²) >= 11 is 2.20. The molecule has 6 heteroatoms. The van der Waals surface area contributed by atoms with E-state index >= 15 is 0 Å². The molecule has 3 radical (unpaired) electrons. The fourth-order valence-corrected chi connectivity index (χ4v) is 7.19. The van der Waals surface area contributed by atoms with Gasteiger partial charge < -0.3 is 11.1 Å². The molecule has 4 nitrogen and oxygen atoms in total. The van der Waals surface area contributed by atoms with E-state index in [1.165, 1.54) is 65.7 Å². The molecule has 0 unspecified atom stereocenters. The third-order valence-corrected chi connectivity index (χ3v) is 11.6. The second kappa shape index (κ2) is 22.3. The second-order valence-corrected chi connectivity index (χ2v) is 19.4. The van der Waals surface area contributed by atoms with Crippen molar-refractivity contribution in [2.24, 2.45) is 15.8 Å². The molecule has 0 saturated carbocycles. The van der Waals surface area contributed by atoms with E-state index in [1.54, 1.807) is 0 Å². The van der Waals surface area contributed by atoms with E-state index in [-0.39, 0.29) is 33.9 Å². The second-order valence-electron chi connectivity index (χ2n) is 18.3. The first-order valence-electron chi connectivity index (χ1n) is 20.2. The maximum atomic E-state index is 7.54. The van der Waals surface area contributed by atoms with Crippen molar-refractivity contribution in [1.29, 1.82) is 0 Å². The first-order chi connectivity index (χ1) is 26.1. The van der Waals surface area contributed by atoms with Crippen LogP contribution in [-0.2, 0) is 0 Å². The fraction of sp³-hybridized carbons (Fsp3) is 0.423. The van der Waals surface area contributed by atoms with Crippen LogP contribution in [0, 0.1) is 93.9 Å². The zero-order valence-corrected chi connectivity index (χ0v) is 43.4. The minimum Gasteiger partial charge on any atom is -0.698 e. The van der Waals surface area contributed by atoms with Crippen molar-refractivity contribution in [3.63, 3.8) is 0 Å². The Morgan fingerprint density at radius 1 is 0.569 bits per heavy atom. The van der Waals surface area contributed by atoms with Crippen molar-refractivity contribution in [2.75, 3.05) is 0 Å². The summed E-state index contributed by atoms with van der Waals surface area (Å²) in [5, 5.41) is 4.84. The van der Waals surface area contributed by atoms with E-state index in [1.807, 2.05) is 26.0 Å². The quantitative estimate of drug-likeness (QED) is 0.148. The van der Waals surface area contributed by atoms with E-state index in [0.29, 0.717) is 5.69 Å². The van der Waals surface area contributed by atoms with Crippen LogP contribution in [0.2, 0.25) is 0 Å². The molecule has 0 amide bonds. The zero-order chi connectivity index (χ0) is 43.7. The predicted molar refractivity (Wildman–Crippen MR) is 260 cm³/mol. The molecule has 0 heterocycles. The number of hydrogen-bond donors (Lipinski definition) is 1. The standard InChI is InChI=1S/C23H29N2.C20H30GeN.C9H12N.Mg/c1-14-9-16(3)22(17(4)10-14)24-20(7)13-21(8)25-23-18(5)11-15(2)12-19(23)6;1-13-10-14(2)18(15(3)11-13)22-17(20(7,8)9)12-16(21)19(4,5)6;1-6-4-7(2)9(10)8(3)5-6;/h9-13H,1-8H3;10-12H,1-9H3;4-5,10H,1-3H3;/q-1;;-1;+2/p+1/b20-13-,25-21?;16-12-,22-17?;;. The van der Waals surface area contributed by atoms with Crippen LogP contribution in [0.3, 0.4) is 0 Å². The summed E-state index contributed by atoms with van der Waals surface area (Å²) < 4.78 is 1.36. The first kappa shape index (κ1) is 52.6. The smallest absolute Gasteiger partial charge is 0.698 e. The van der Waals surface area contributed by atoms with Crippen LogP contribution in [0.25, 0.3) is 11.1 Å². The Balaban J connectivity index is 0.000000466. The van der Waals surface area contributed by atoms with Gasteiger partial charge in [-0.05, 0) is 80.5 Å². The Morgan fingerprint density at radius 2 is 0.931 bits per heavy atom. The normalized spacial score (nSPS) is 12.6. The van der Waals surface area contributed by atoms with Gasteiger partial charge in [0.2, 0.25) is 5.69 Å². The number of nitrogens with zero attached hydrogens (tertiary/aromatic N) is 2. The maximum Gasteiger partial charge on any atom is 2.00 e. The van der Waals surface area contributed by atoms with Crippen LogP contribution in [0.4, 0.5) is 22.7 Å². The van der Waals surface area contributed by atoms with Crippen molar-refractivity contribution in [1.82, 2.24) is 0 Å². The van der Waals surface area contributed by atoms with Gasteiger partial charge in [-0.2, -0.15) is 5.70 Å². The Bertz CT molecular complexity index is 2090. The zero-order valence-electron chi connectivity index (χ0n) is 39.9. The number of aryl methyl sites for hydroxylation is 12. The van der Waals surface area contributed by atoms with Crippen LogP contribution >= 0.6 is 0 Å².